The monoisotopic (exact) mass is 261 g/mol. The van der Waals surface area contributed by atoms with Gasteiger partial charge in [-0.3, -0.25) is 9.69 Å². The summed E-state index contributed by atoms with van der Waals surface area (Å²) in [6, 6.07) is 9.54. The normalized spacial score (nSPS) is 15.4. The molecule has 3 amide bonds. The SMILES string of the molecule is CNCCCN1C(=O)CN(Cc2ccccc2)C1=O. The molecule has 1 N–H and O–H groups in total. The van der Waals surface area contributed by atoms with Crippen LogP contribution >= 0.6 is 0 Å². The lowest BCUT2D eigenvalue weighted by atomic mass is 10.2. The van der Waals surface area contributed by atoms with Crippen LogP contribution in [0, 0.1) is 0 Å². The highest BCUT2D eigenvalue weighted by Gasteiger charge is 2.35. The highest BCUT2D eigenvalue weighted by atomic mass is 16.2. The minimum Gasteiger partial charge on any atom is -0.320 e. The van der Waals surface area contributed by atoms with Gasteiger partial charge in [0.2, 0.25) is 5.91 Å². The summed E-state index contributed by atoms with van der Waals surface area (Å²) in [6.07, 6.45) is 0.785. The number of hydrogen-bond donors (Lipinski definition) is 1. The Balaban J connectivity index is 1.94. The van der Waals surface area contributed by atoms with E-state index in [2.05, 4.69) is 5.32 Å². The molecule has 0 radical (unpaired) electrons. The molecule has 1 aliphatic rings. The van der Waals surface area contributed by atoms with Gasteiger partial charge >= 0.3 is 6.03 Å². The van der Waals surface area contributed by atoms with Gasteiger partial charge in [0.15, 0.2) is 0 Å². The lowest BCUT2D eigenvalue weighted by molar-refractivity contribution is -0.125. The minimum absolute atomic E-state index is 0.1000. The van der Waals surface area contributed by atoms with E-state index in [1.54, 1.807) is 4.90 Å². The van der Waals surface area contributed by atoms with Crippen molar-refractivity contribution in [3.8, 4) is 0 Å². The third-order valence-corrected chi connectivity index (χ3v) is 3.15. The van der Waals surface area contributed by atoms with Crippen LogP contribution in [0.3, 0.4) is 0 Å². The van der Waals surface area contributed by atoms with Crippen molar-refractivity contribution in [1.82, 2.24) is 15.1 Å². The van der Waals surface area contributed by atoms with Crippen LogP contribution in [0.15, 0.2) is 30.3 Å². The summed E-state index contributed by atoms with van der Waals surface area (Å²) in [7, 11) is 1.86. The van der Waals surface area contributed by atoms with E-state index >= 15 is 0 Å². The summed E-state index contributed by atoms with van der Waals surface area (Å²) in [5.41, 5.74) is 1.04. The molecule has 0 aliphatic carbocycles. The van der Waals surface area contributed by atoms with Gasteiger partial charge in [0.05, 0.1) is 0 Å². The zero-order chi connectivity index (χ0) is 13.7. The Morgan fingerprint density at radius 3 is 2.63 bits per heavy atom. The summed E-state index contributed by atoms with van der Waals surface area (Å²) >= 11 is 0. The first-order chi connectivity index (χ1) is 9.22. The van der Waals surface area contributed by atoms with E-state index in [1.807, 2.05) is 37.4 Å². The molecule has 0 saturated carbocycles. The smallest absolute Gasteiger partial charge is 0.320 e. The number of rotatable bonds is 6. The Bertz CT molecular complexity index is 447. The fourth-order valence-corrected chi connectivity index (χ4v) is 2.16. The Kier molecular flexibility index (Phi) is 4.52. The molecule has 1 aromatic carbocycles. The molecule has 0 spiro atoms. The van der Waals surface area contributed by atoms with Gasteiger partial charge in [-0.25, -0.2) is 4.79 Å². The van der Waals surface area contributed by atoms with Gasteiger partial charge in [-0.15, -0.1) is 0 Å². The Morgan fingerprint density at radius 1 is 1.21 bits per heavy atom. The predicted molar refractivity (Wildman–Crippen MR) is 72.5 cm³/mol. The molecule has 1 saturated heterocycles. The van der Waals surface area contributed by atoms with Gasteiger partial charge in [0, 0.05) is 13.1 Å². The van der Waals surface area contributed by atoms with E-state index in [1.165, 1.54) is 4.90 Å². The van der Waals surface area contributed by atoms with Gasteiger partial charge in [-0.1, -0.05) is 30.3 Å². The van der Waals surface area contributed by atoms with E-state index < -0.39 is 0 Å². The highest BCUT2D eigenvalue weighted by Crippen LogP contribution is 2.14. The molecule has 2 rings (SSSR count). The molecular formula is C14H19N3O2. The molecule has 5 heteroatoms. The number of nitrogens with zero attached hydrogens (tertiary/aromatic N) is 2. The zero-order valence-corrected chi connectivity index (χ0v) is 11.1. The van der Waals surface area contributed by atoms with E-state index in [-0.39, 0.29) is 18.5 Å². The van der Waals surface area contributed by atoms with E-state index in [4.69, 9.17) is 0 Å². The molecule has 0 aromatic heterocycles. The van der Waals surface area contributed by atoms with Crippen LogP contribution in [0.25, 0.3) is 0 Å². The molecule has 1 heterocycles. The second-order valence-electron chi connectivity index (χ2n) is 4.63. The highest BCUT2D eigenvalue weighted by molar-refractivity contribution is 6.01. The van der Waals surface area contributed by atoms with Gasteiger partial charge < -0.3 is 10.2 Å². The molecule has 1 aromatic rings. The summed E-state index contributed by atoms with van der Waals surface area (Å²) in [6.45, 7) is 1.97. The average Bonchev–Trinajstić information content (AvgIpc) is 2.68. The summed E-state index contributed by atoms with van der Waals surface area (Å²) in [5.74, 6) is -0.1000. The second-order valence-corrected chi connectivity index (χ2v) is 4.63. The Labute approximate surface area is 113 Å². The number of benzene rings is 1. The van der Waals surface area contributed by atoms with Crippen molar-refractivity contribution in [2.24, 2.45) is 0 Å². The molecule has 0 unspecified atom stereocenters. The van der Waals surface area contributed by atoms with Crippen LogP contribution in [0.4, 0.5) is 4.79 Å². The van der Waals surface area contributed by atoms with Crippen molar-refractivity contribution in [3.63, 3.8) is 0 Å². The fourth-order valence-electron chi connectivity index (χ4n) is 2.16. The number of imide groups is 1. The third-order valence-electron chi connectivity index (χ3n) is 3.15. The molecule has 1 fully saturated rings. The third kappa shape index (κ3) is 3.32. The second kappa shape index (κ2) is 6.33. The van der Waals surface area contributed by atoms with Crippen molar-refractivity contribution < 1.29 is 9.59 Å². The molecule has 1 aliphatic heterocycles. The summed E-state index contributed by atoms with van der Waals surface area (Å²) in [5, 5.41) is 3.01. The van der Waals surface area contributed by atoms with Crippen LogP contribution in [0.2, 0.25) is 0 Å². The van der Waals surface area contributed by atoms with Crippen LogP contribution in [-0.4, -0.2) is 48.4 Å². The molecule has 102 valence electrons. The Hall–Kier alpha value is -1.88. The topological polar surface area (TPSA) is 52.7 Å². The van der Waals surface area contributed by atoms with Crippen molar-refractivity contribution in [1.29, 1.82) is 0 Å². The van der Waals surface area contributed by atoms with Crippen LogP contribution < -0.4 is 5.32 Å². The molecule has 0 atom stereocenters. The van der Waals surface area contributed by atoms with E-state index in [9.17, 15) is 9.59 Å². The number of urea groups is 1. The number of amides is 3. The number of hydrogen-bond acceptors (Lipinski definition) is 3. The summed E-state index contributed by atoms with van der Waals surface area (Å²) < 4.78 is 0. The minimum atomic E-state index is -0.176. The maximum Gasteiger partial charge on any atom is 0.327 e. The molecule has 5 nitrogen and oxygen atoms in total. The lowest BCUT2D eigenvalue weighted by Gasteiger charge is -2.17. The van der Waals surface area contributed by atoms with Crippen LogP contribution in [-0.2, 0) is 11.3 Å². The van der Waals surface area contributed by atoms with Gasteiger partial charge in [0.1, 0.15) is 6.54 Å². The van der Waals surface area contributed by atoms with Crippen molar-refractivity contribution >= 4 is 11.9 Å². The number of carbonyl (C=O) groups excluding carboxylic acids is 2. The van der Waals surface area contributed by atoms with Gasteiger partial charge in [0.25, 0.3) is 0 Å². The van der Waals surface area contributed by atoms with Gasteiger partial charge in [-0.2, -0.15) is 0 Å². The number of carbonyl (C=O) groups is 2. The standard InChI is InChI=1S/C14H19N3O2/c1-15-8-5-9-17-13(18)11-16(14(17)19)10-12-6-3-2-4-7-12/h2-4,6-7,15H,5,8-11H2,1H3. The maximum atomic E-state index is 12.1. The Morgan fingerprint density at radius 2 is 1.95 bits per heavy atom. The van der Waals surface area contributed by atoms with Crippen molar-refractivity contribution in [2.75, 3.05) is 26.7 Å². The van der Waals surface area contributed by atoms with Crippen molar-refractivity contribution in [2.45, 2.75) is 13.0 Å². The quantitative estimate of drug-likeness (QED) is 0.615. The number of nitrogens with one attached hydrogen (secondary N) is 1. The zero-order valence-electron chi connectivity index (χ0n) is 11.1. The molecular weight excluding hydrogens is 242 g/mol. The maximum absolute atomic E-state index is 12.1. The molecule has 19 heavy (non-hydrogen) atoms. The van der Waals surface area contributed by atoms with Crippen molar-refractivity contribution in [3.05, 3.63) is 35.9 Å². The first-order valence-electron chi connectivity index (χ1n) is 6.50. The van der Waals surface area contributed by atoms with E-state index in [0.29, 0.717) is 13.1 Å². The average molecular weight is 261 g/mol. The first-order valence-corrected chi connectivity index (χ1v) is 6.50. The lowest BCUT2D eigenvalue weighted by Crippen LogP contribution is -2.34. The van der Waals surface area contributed by atoms with Crippen LogP contribution in [0.1, 0.15) is 12.0 Å². The summed E-state index contributed by atoms with van der Waals surface area (Å²) in [4.78, 5) is 26.9. The fraction of sp³-hybridized carbons (Fsp3) is 0.429. The largest absolute Gasteiger partial charge is 0.327 e. The first kappa shape index (κ1) is 13.5. The van der Waals surface area contributed by atoms with Crippen LogP contribution in [0.5, 0.6) is 0 Å². The predicted octanol–water partition coefficient (Wildman–Crippen LogP) is 1.06. The van der Waals surface area contributed by atoms with E-state index in [0.717, 1.165) is 18.5 Å². The molecule has 0 bridgehead atoms. The van der Waals surface area contributed by atoms with Gasteiger partial charge in [-0.05, 0) is 25.6 Å².